The highest BCUT2D eigenvalue weighted by molar-refractivity contribution is 8.14. The molecule has 1 saturated heterocycles. The second kappa shape index (κ2) is 7.34. The van der Waals surface area contributed by atoms with Gasteiger partial charge in [0.1, 0.15) is 0 Å². The lowest BCUT2D eigenvalue weighted by molar-refractivity contribution is 0.724. The van der Waals surface area contributed by atoms with Crippen LogP contribution in [0.2, 0.25) is 5.02 Å². The third-order valence-corrected chi connectivity index (χ3v) is 3.97. The number of halogens is 3. The topological polar surface area (TPSA) is 53.1 Å². The number of anilines is 2. The van der Waals surface area contributed by atoms with Crippen LogP contribution in [0.15, 0.2) is 18.2 Å². The van der Waals surface area contributed by atoms with Crippen LogP contribution in [0, 0.1) is 5.41 Å². The number of nitrogens with zero attached hydrogens (tertiary/aromatic N) is 1. The second-order valence-corrected chi connectivity index (χ2v) is 5.20. The van der Waals surface area contributed by atoms with E-state index in [0.717, 1.165) is 17.9 Å². The van der Waals surface area contributed by atoms with Gasteiger partial charge in [-0.15, -0.1) is 24.8 Å². The van der Waals surface area contributed by atoms with Crippen molar-refractivity contribution < 1.29 is 0 Å². The fourth-order valence-electron chi connectivity index (χ4n) is 1.84. The zero-order chi connectivity index (χ0) is 11.7. The number of amidine groups is 1. The fourth-order valence-corrected chi connectivity index (χ4v) is 3.14. The number of nitrogens with one attached hydrogen (secondary N) is 1. The number of hydrogen-bond acceptors (Lipinski definition) is 3. The van der Waals surface area contributed by atoms with E-state index in [0.29, 0.717) is 21.9 Å². The van der Waals surface area contributed by atoms with E-state index in [-0.39, 0.29) is 24.8 Å². The number of benzene rings is 1. The van der Waals surface area contributed by atoms with E-state index in [2.05, 4.69) is 6.92 Å². The minimum absolute atomic E-state index is 0. The third kappa shape index (κ3) is 3.38. The molecule has 18 heavy (non-hydrogen) atoms. The maximum atomic E-state index is 7.93. The second-order valence-electron chi connectivity index (χ2n) is 3.75. The maximum Gasteiger partial charge on any atom is 0.161 e. The van der Waals surface area contributed by atoms with Crippen LogP contribution in [0.3, 0.4) is 0 Å². The molecule has 0 spiro atoms. The Balaban J connectivity index is 0.00000144. The Morgan fingerprint density at radius 1 is 1.50 bits per heavy atom. The highest BCUT2D eigenvalue weighted by atomic mass is 35.5. The lowest BCUT2D eigenvalue weighted by atomic mass is 10.2. The fraction of sp³-hybridized carbons (Fsp3) is 0.364. The Labute approximate surface area is 129 Å². The van der Waals surface area contributed by atoms with Crippen LogP contribution in [0.5, 0.6) is 0 Å². The Bertz CT molecular complexity index is 428. The molecule has 1 aliphatic heterocycles. The molecule has 102 valence electrons. The van der Waals surface area contributed by atoms with Gasteiger partial charge >= 0.3 is 0 Å². The van der Waals surface area contributed by atoms with Crippen molar-refractivity contribution in [2.75, 3.05) is 16.4 Å². The first kappa shape index (κ1) is 17.7. The van der Waals surface area contributed by atoms with Crippen LogP contribution in [-0.4, -0.2) is 17.0 Å². The molecule has 0 saturated carbocycles. The first-order chi connectivity index (χ1) is 7.63. The van der Waals surface area contributed by atoms with Gasteiger partial charge in [0.15, 0.2) is 5.17 Å². The monoisotopic (exact) mass is 327 g/mol. The van der Waals surface area contributed by atoms with Gasteiger partial charge in [0.05, 0.1) is 11.4 Å². The summed E-state index contributed by atoms with van der Waals surface area (Å²) in [5.41, 5.74) is 7.48. The number of hydrogen-bond donors (Lipinski definition) is 2. The van der Waals surface area contributed by atoms with Crippen LogP contribution >= 0.6 is 48.2 Å². The molecule has 1 aromatic carbocycles. The average Bonchev–Trinajstić information content (AvgIpc) is 2.60. The van der Waals surface area contributed by atoms with Crippen LogP contribution in [0.25, 0.3) is 0 Å². The molecule has 1 unspecified atom stereocenters. The van der Waals surface area contributed by atoms with Gasteiger partial charge in [-0.1, -0.05) is 30.3 Å². The number of nitrogens with two attached hydrogens (primary N) is 1. The van der Waals surface area contributed by atoms with E-state index in [1.165, 1.54) is 0 Å². The zero-order valence-electron chi connectivity index (χ0n) is 9.85. The summed E-state index contributed by atoms with van der Waals surface area (Å²) in [6, 6.07) is 5.80. The van der Waals surface area contributed by atoms with Gasteiger partial charge in [-0.05, 0) is 24.6 Å². The summed E-state index contributed by atoms with van der Waals surface area (Å²) in [6.07, 6.45) is 1.01. The highest BCUT2D eigenvalue weighted by Gasteiger charge is 2.30. The minimum Gasteiger partial charge on any atom is -0.397 e. The summed E-state index contributed by atoms with van der Waals surface area (Å²) in [5.74, 6) is 0.956. The summed E-state index contributed by atoms with van der Waals surface area (Å²) in [6.45, 7) is 2.13. The van der Waals surface area contributed by atoms with Gasteiger partial charge in [0, 0.05) is 16.8 Å². The van der Waals surface area contributed by atoms with Gasteiger partial charge in [0.25, 0.3) is 0 Å². The summed E-state index contributed by atoms with van der Waals surface area (Å²) in [7, 11) is 0. The lowest BCUT2D eigenvalue weighted by Crippen LogP contribution is -2.33. The van der Waals surface area contributed by atoms with Crippen molar-refractivity contribution in [3.8, 4) is 0 Å². The number of rotatable bonds is 2. The van der Waals surface area contributed by atoms with E-state index in [4.69, 9.17) is 22.7 Å². The van der Waals surface area contributed by atoms with Crippen LogP contribution in [0.4, 0.5) is 11.4 Å². The standard InChI is InChI=1S/C11H14ClN3S.2ClH/c1-2-8-6-16-11(14)15(8)10-4-3-7(12)5-9(10)13;;/h3-5,8,14H,2,6,13H2,1H3;2*1H. The van der Waals surface area contributed by atoms with E-state index < -0.39 is 0 Å². The van der Waals surface area contributed by atoms with Crippen molar-refractivity contribution in [2.24, 2.45) is 0 Å². The highest BCUT2D eigenvalue weighted by Crippen LogP contribution is 2.35. The molecule has 1 aliphatic rings. The molecular weight excluding hydrogens is 313 g/mol. The van der Waals surface area contributed by atoms with Gasteiger partial charge in [-0.3, -0.25) is 5.41 Å². The quantitative estimate of drug-likeness (QED) is 0.806. The van der Waals surface area contributed by atoms with Crippen molar-refractivity contribution in [3.05, 3.63) is 23.2 Å². The summed E-state index contributed by atoms with van der Waals surface area (Å²) in [4.78, 5) is 2.00. The molecular formula is C11H16Cl3N3S. The molecule has 3 N–H and O–H groups in total. The molecule has 1 aromatic rings. The molecule has 1 atom stereocenters. The first-order valence-electron chi connectivity index (χ1n) is 5.19. The van der Waals surface area contributed by atoms with Crippen molar-refractivity contribution >= 4 is 64.7 Å². The maximum absolute atomic E-state index is 7.93. The van der Waals surface area contributed by atoms with Crippen molar-refractivity contribution in [3.63, 3.8) is 0 Å². The van der Waals surface area contributed by atoms with Gasteiger partial charge < -0.3 is 10.6 Å². The molecule has 0 aliphatic carbocycles. The molecule has 2 rings (SSSR count). The Hall–Kier alpha value is -0.290. The van der Waals surface area contributed by atoms with E-state index in [9.17, 15) is 0 Å². The van der Waals surface area contributed by atoms with Crippen molar-refractivity contribution in [2.45, 2.75) is 19.4 Å². The average molecular weight is 329 g/mol. The lowest BCUT2D eigenvalue weighted by Gasteiger charge is -2.25. The SMILES string of the molecule is CCC1CSC(=N)N1c1ccc(Cl)cc1N.Cl.Cl. The Kier molecular flexibility index (Phi) is 7.22. The number of nitrogen functional groups attached to an aromatic ring is 1. The van der Waals surface area contributed by atoms with E-state index >= 15 is 0 Å². The molecule has 7 heteroatoms. The third-order valence-electron chi connectivity index (χ3n) is 2.72. The van der Waals surface area contributed by atoms with Crippen LogP contribution < -0.4 is 10.6 Å². The van der Waals surface area contributed by atoms with Crippen LogP contribution in [-0.2, 0) is 0 Å². The van der Waals surface area contributed by atoms with Crippen molar-refractivity contribution in [1.29, 1.82) is 5.41 Å². The zero-order valence-corrected chi connectivity index (χ0v) is 13.1. The summed E-state index contributed by atoms with van der Waals surface area (Å²) < 4.78 is 0. The van der Waals surface area contributed by atoms with Crippen molar-refractivity contribution in [1.82, 2.24) is 0 Å². The Morgan fingerprint density at radius 2 is 2.17 bits per heavy atom. The van der Waals surface area contributed by atoms with Gasteiger partial charge in [0.2, 0.25) is 0 Å². The predicted octanol–water partition coefficient (Wildman–Crippen LogP) is 4.03. The van der Waals surface area contributed by atoms with E-state index in [1.54, 1.807) is 17.8 Å². The Morgan fingerprint density at radius 3 is 2.72 bits per heavy atom. The molecule has 1 heterocycles. The van der Waals surface area contributed by atoms with E-state index in [1.807, 2.05) is 17.0 Å². The van der Waals surface area contributed by atoms with Gasteiger partial charge in [-0.25, -0.2) is 0 Å². The molecule has 3 nitrogen and oxygen atoms in total. The molecule has 0 bridgehead atoms. The smallest absolute Gasteiger partial charge is 0.161 e. The molecule has 0 radical (unpaired) electrons. The minimum atomic E-state index is 0. The molecule has 0 amide bonds. The normalized spacial score (nSPS) is 18.2. The summed E-state index contributed by atoms with van der Waals surface area (Å²) in [5, 5.41) is 9.13. The largest absolute Gasteiger partial charge is 0.397 e. The number of thioether (sulfide) groups is 1. The van der Waals surface area contributed by atoms with Gasteiger partial charge in [-0.2, -0.15) is 0 Å². The summed E-state index contributed by atoms with van der Waals surface area (Å²) >= 11 is 7.44. The molecule has 1 fully saturated rings. The van der Waals surface area contributed by atoms with Crippen LogP contribution in [0.1, 0.15) is 13.3 Å². The first-order valence-corrected chi connectivity index (χ1v) is 6.55. The molecule has 0 aromatic heterocycles. The predicted molar refractivity (Wildman–Crippen MR) is 87.1 cm³/mol.